The normalized spacial score (nSPS) is 14.6. The quantitative estimate of drug-likeness (QED) is 0.763. The molecular formula is C14H17F6N. The minimum absolute atomic E-state index is 0.196. The first-order valence-corrected chi connectivity index (χ1v) is 6.47. The van der Waals surface area contributed by atoms with E-state index in [1.165, 1.54) is 0 Å². The molecule has 0 aliphatic heterocycles. The van der Waals surface area contributed by atoms with E-state index in [0.29, 0.717) is 24.6 Å². The van der Waals surface area contributed by atoms with E-state index in [4.69, 9.17) is 5.73 Å². The fourth-order valence-electron chi connectivity index (χ4n) is 1.97. The van der Waals surface area contributed by atoms with Crippen molar-refractivity contribution in [2.75, 3.05) is 0 Å². The number of rotatable bonds is 4. The van der Waals surface area contributed by atoms with Gasteiger partial charge >= 0.3 is 12.4 Å². The van der Waals surface area contributed by atoms with Crippen LogP contribution in [0, 0.1) is 5.92 Å². The van der Waals surface area contributed by atoms with Gasteiger partial charge in [-0.05, 0) is 42.5 Å². The van der Waals surface area contributed by atoms with Crippen molar-refractivity contribution in [1.82, 2.24) is 0 Å². The first-order chi connectivity index (χ1) is 9.43. The van der Waals surface area contributed by atoms with Gasteiger partial charge in [-0.3, -0.25) is 0 Å². The maximum Gasteiger partial charge on any atom is 0.416 e. The van der Waals surface area contributed by atoms with Gasteiger partial charge < -0.3 is 5.73 Å². The minimum atomic E-state index is -4.73. The summed E-state index contributed by atoms with van der Waals surface area (Å²) < 4.78 is 76.7. The molecular weight excluding hydrogens is 296 g/mol. The molecule has 0 saturated carbocycles. The van der Waals surface area contributed by atoms with Gasteiger partial charge in [-0.2, -0.15) is 26.3 Å². The van der Waals surface area contributed by atoms with Gasteiger partial charge in [0.25, 0.3) is 0 Å². The Morgan fingerprint density at radius 1 is 0.952 bits per heavy atom. The lowest BCUT2D eigenvalue weighted by Gasteiger charge is -2.21. The maximum atomic E-state index is 12.9. The van der Waals surface area contributed by atoms with Crippen molar-refractivity contribution in [3.63, 3.8) is 0 Å². The zero-order chi connectivity index (χ0) is 16.4. The number of hydrogen-bond acceptors (Lipinski definition) is 1. The van der Waals surface area contributed by atoms with Crippen LogP contribution >= 0.6 is 0 Å². The van der Waals surface area contributed by atoms with Crippen molar-refractivity contribution in [1.29, 1.82) is 0 Å². The molecule has 0 amide bonds. The highest BCUT2D eigenvalue weighted by Gasteiger charge is 2.38. The molecule has 0 radical (unpaired) electrons. The minimum Gasteiger partial charge on any atom is -0.324 e. The number of benzene rings is 1. The summed E-state index contributed by atoms with van der Waals surface area (Å²) >= 11 is 0. The number of alkyl halides is 6. The molecule has 0 heterocycles. The van der Waals surface area contributed by atoms with Gasteiger partial charge in [0.15, 0.2) is 0 Å². The molecule has 0 aliphatic rings. The first-order valence-electron chi connectivity index (χ1n) is 6.47. The second kappa shape index (κ2) is 6.25. The van der Waals surface area contributed by atoms with E-state index in [1.807, 2.05) is 13.8 Å². The van der Waals surface area contributed by atoms with E-state index in [-0.39, 0.29) is 12.3 Å². The average molecular weight is 313 g/mol. The van der Waals surface area contributed by atoms with Crippen molar-refractivity contribution < 1.29 is 26.3 Å². The Morgan fingerprint density at radius 2 is 1.52 bits per heavy atom. The van der Waals surface area contributed by atoms with Crippen LogP contribution in [-0.2, 0) is 12.4 Å². The summed E-state index contributed by atoms with van der Waals surface area (Å²) in [4.78, 5) is 0. The first kappa shape index (κ1) is 17.8. The Kier molecular flexibility index (Phi) is 5.30. The smallest absolute Gasteiger partial charge is 0.324 e. The zero-order valence-corrected chi connectivity index (χ0v) is 11.6. The van der Waals surface area contributed by atoms with Crippen LogP contribution in [0.4, 0.5) is 26.3 Å². The summed E-state index contributed by atoms with van der Waals surface area (Å²) in [6.45, 7) is 3.73. The molecule has 21 heavy (non-hydrogen) atoms. The lowest BCUT2D eigenvalue weighted by Crippen LogP contribution is -2.19. The average Bonchev–Trinajstić information content (AvgIpc) is 2.33. The second-order valence-corrected chi connectivity index (χ2v) is 5.38. The Bertz CT molecular complexity index is 475. The Balaban J connectivity index is 3.23. The lowest BCUT2D eigenvalue weighted by atomic mass is 9.93. The van der Waals surface area contributed by atoms with Gasteiger partial charge in [0.05, 0.1) is 11.1 Å². The highest BCUT2D eigenvalue weighted by atomic mass is 19.4. The molecule has 0 saturated heterocycles. The standard InChI is InChI=1S/C14H17F6N/c1-8(2)3-6-12(21)10-7-9(13(15,16)17)4-5-11(10)14(18,19)20/h4-5,7-8,12H,3,6,21H2,1-2H3/t12-/m0/s1. The van der Waals surface area contributed by atoms with Crippen LogP contribution in [0.5, 0.6) is 0 Å². The van der Waals surface area contributed by atoms with Gasteiger partial charge in [-0.1, -0.05) is 13.8 Å². The molecule has 0 aliphatic carbocycles. The van der Waals surface area contributed by atoms with E-state index in [9.17, 15) is 26.3 Å². The van der Waals surface area contributed by atoms with Gasteiger partial charge in [-0.15, -0.1) is 0 Å². The molecule has 1 rings (SSSR count). The van der Waals surface area contributed by atoms with Crippen LogP contribution in [0.3, 0.4) is 0 Å². The van der Waals surface area contributed by atoms with Crippen molar-refractivity contribution in [3.8, 4) is 0 Å². The Labute approximate surface area is 119 Å². The molecule has 7 heteroatoms. The molecule has 0 fully saturated rings. The molecule has 0 aromatic heterocycles. The molecule has 120 valence electrons. The zero-order valence-electron chi connectivity index (χ0n) is 11.6. The molecule has 1 aromatic rings. The second-order valence-electron chi connectivity index (χ2n) is 5.38. The van der Waals surface area contributed by atoms with Crippen molar-refractivity contribution in [2.24, 2.45) is 11.7 Å². The summed E-state index contributed by atoms with van der Waals surface area (Å²) in [6, 6.07) is 0.314. The fraction of sp³-hybridized carbons (Fsp3) is 0.571. The van der Waals surface area contributed by atoms with E-state index in [1.54, 1.807) is 0 Å². The van der Waals surface area contributed by atoms with E-state index < -0.39 is 35.1 Å². The Morgan fingerprint density at radius 3 is 1.95 bits per heavy atom. The summed E-state index contributed by atoms with van der Waals surface area (Å²) in [5, 5.41) is 0. The predicted octanol–water partition coefficient (Wildman–Crippen LogP) is 5.16. The lowest BCUT2D eigenvalue weighted by molar-refractivity contribution is -0.142. The molecule has 1 atom stereocenters. The van der Waals surface area contributed by atoms with Crippen molar-refractivity contribution in [3.05, 3.63) is 34.9 Å². The Hall–Kier alpha value is -1.24. The van der Waals surface area contributed by atoms with E-state index in [2.05, 4.69) is 0 Å². The van der Waals surface area contributed by atoms with Crippen LogP contribution < -0.4 is 5.73 Å². The highest BCUT2D eigenvalue weighted by molar-refractivity contribution is 5.37. The largest absolute Gasteiger partial charge is 0.416 e. The summed E-state index contributed by atoms with van der Waals surface area (Å²) in [5.74, 6) is 0.205. The SMILES string of the molecule is CC(C)CC[C@H](N)c1cc(C(F)(F)F)ccc1C(F)(F)F. The number of nitrogens with two attached hydrogens (primary N) is 1. The van der Waals surface area contributed by atoms with E-state index >= 15 is 0 Å². The van der Waals surface area contributed by atoms with Crippen molar-refractivity contribution in [2.45, 2.75) is 45.1 Å². The van der Waals surface area contributed by atoms with Gasteiger partial charge in [0, 0.05) is 6.04 Å². The third-order valence-electron chi connectivity index (χ3n) is 3.14. The number of hydrogen-bond donors (Lipinski definition) is 1. The third-order valence-corrected chi connectivity index (χ3v) is 3.14. The maximum absolute atomic E-state index is 12.9. The van der Waals surface area contributed by atoms with Crippen molar-refractivity contribution >= 4 is 0 Å². The van der Waals surface area contributed by atoms with Gasteiger partial charge in [-0.25, -0.2) is 0 Å². The molecule has 0 spiro atoms. The van der Waals surface area contributed by atoms with Crippen LogP contribution in [0.25, 0.3) is 0 Å². The van der Waals surface area contributed by atoms with Crippen LogP contribution in [0.15, 0.2) is 18.2 Å². The van der Waals surface area contributed by atoms with Gasteiger partial charge in [0.1, 0.15) is 0 Å². The predicted molar refractivity (Wildman–Crippen MR) is 67.4 cm³/mol. The third kappa shape index (κ3) is 4.91. The summed E-state index contributed by atoms with van der Waals surface area (Å²) in [7, 11) is 0. The molecule has 1 aromatic carbocycles. The fourth-order valence-corrected chi connectivity index (χ4v) is 1.97. The molecule has 0 unspecified atom stereocenters. The summed E-state index contributed by atoms with van der Waals surface area (Å²) in [6.07, 6.45) is -8.69. The van der Waals surface area contributed by atoms with Crippen LogP contribution in [0.2, 0.25) is 0 Å². The van der Waals surface area contributed by atoms with Crippen LogP contribution in [0.1, 0.15) is 49.4 Å². The number of halogens is 6. The molecule has 0 bridgehead atoms. The van der Waals surface area contributed by atoms with E-state index in [0.717, 1.165) is 0 Å². The van der Waals surface area contributed by atoms with Gasteiger partial charge in [0.2, 0.25) is 0 Å². The monoisotopic (exact) mass is 313 g/mol. The molecule has 2 N–H and O–H groups in total. The summed E-state index contributed by atoms with van der Waals surface area (Å²) in [5.41, 5.74) is 2.96. The van der Waals surface area contributed by atoms with Crippen LogP contribution in [-0.4, -0.2) is 0 Å². The molecule has 1 nitrogen and oxygen atoms in total. The highest BCUT2D eigenvalue weighted by Crippen LogP contribution is 2.39. The topological polar surface area (TPSA) is 26.0 Å².